The Labute approximate surface area is 217 Å². The van der Waals surface area contributed by atoms with E-state index in [-0.39, 0.29) is 0 Å². The van der Waals surface area contributed by atoms with Crippen LogP contribution in [0.4, 0.5) is 0 Å². The van der Waals surface area contributed by atoms with E-state index in [0.29, 0.717) is 18.1 Å². The molecule has 4 aromatic rings. The number of aromatic nitrogens is 4. The Morgan fingerprint density at radius 1 is 0.946 bits per heavy atom. The van der Waals surface area contributed by atoms with Crippen LogP contribution in [0.3, 0.4) is 0 Å². The topological polar surface area (TPSA) is 72.6 Å². The number of imidazole rings is 2. The van der Waals surface area contributed by atoms with Crippen LogP contribution >= 0.6 is 0 Å². The average molecular weight is 491 g/mol. The SMILES string of the molecule is CC1CC1NCc1ncc(-c2ccc(-c3ccc4c(c3)CCc3[nH]c([C@@H]5C[C@@H]6CC(C)N65)nc3-4)cc2)[nH]1. The number of rotatable bonds is 6. The van der Waals surface area contributed by atoms with Crippen LogP contribution in [0.2, 0.25) is 0 Å². The van der Waals surface area contributed by atoms with Gasteiger partial charge in [-0.25, -0.2) is 9.97 Å². The Bertz CT molecular complexity index is 1480. The summed E-state index contributed by atoms with van der Waals surface area (Å²) in [6.07, 6.45) is 7.94. The molecule has 2 aliphatic heterocycles. The molecule has 3 unspecified atom stereocenters. The highest BCUT2D eigenvalue weighted by atomic mass is 15.3. The fourth-order valence-electron chi connectivity index (χ4n) is 6.87. The highest BCUT2D eigenvalue weighted by Crippen LogP contribution is 2.49. The molecular formula is C31H34N6. The first kappa shape index (κ1) is 21.8. The number of fused-ring (bicyclic) bond motifs is 4. The van der Waals surface area contributed by atoms with Crippen molar-refractivity contribution in [3.05, 3.63) is 71.6 Å². The summed E-state index contributed by atoms with van der Waals surface area (Å²) in [6, 6.07) is 18.4. The van der Waals surface area contributed by atoms with Crippen LogP contribution in [0.5, 0.6) is 0 Å². The lowest BCUT2D eigenvalue weighted by atomic mass is 9.77. The summed E-state index contributed by atoms with van der Waals surface area (Å²) < 4.78 is 0. The van der Waals surface area contributed by atoms with Crippen molar-refractivity contribution in [2.75, 3.05) is 0 Å². The van der Waals surface area contributed by atoms with Gasteiger partial charge in [0, 0.05) is 29.4 Å². The second-order valence-corrected chi connectivity index (χ2v) is 11.8. The van der Waals surface area contributed by atoms with Crippen LogP contribution in [-0.2, 0) is 19.4 Å². The first-order valence-electron chi connectivity index (χ1n) is 14.0. The second-order valence-electron chi connectivity index (χ2n) is 11.8. The van der Waals surface area contributed by atoms with Gasteiger partial charge in [0.2, 0.25) is 0 Å². The molecule has 188 valence electrons. The minimum atomic E-state index is 0.490. The first-order chi connectivity index (χ1) is 18.1. The van der Waals surface area contributed by atoms with Crippen LogP contribution in [0.1, 0.15) is 62.1 Å². The van der Waals surface area contributed by atoms with E-state index in [1.807, 2.05) is 6.20 Å². The molecule has 4 aliphatic rings. The van der Waals surface area contributed by atoms with Gasteiger partial charge in [0.05, 0.1) is 30.2 Å². The third-order valence-corrected chi connectivity index (χ3v) is 9.32. The molecule has 2 saturated heterocycles. The molecule has 3 fully saturated rings. The van der Waals surface area contributed by atoms with Crippen LogP contribution in [-0.4, -0.2) is 43.0 Å². The number of hydrogen-bond acceptors (Lipinski definition) is 4. The van der Waals surface area contributed by atoms with Crippen molar-refractivity contribution in [1.82, 2.24) is 30.2 Å². The number of aryl methyl sites for hydroxylation is 2. The Balaban J connectivity index is 1.000. The van der Waals surface area contributed by atoms with Gasteiger partial charge in [-0.1, -0.05) is 49.4 Å². The van der Waals surface area contributed by atoms with Gasteiger partial charge in [-0.2, -0.15) is 0 Å². The van der Waals surface area contributed by atoms with Gasteiger partial charge >= 0.3 is 0 Å². The van der Waals surface area contributed by atoms with Crippen molar-refractivity contribution in [3.63, 3.8) is 0 Å². The molecule has 3 N–H and O–H groups in total. The van der Waals surface area contributed by atoms with E-state index >= 15 is 0 Å². The summed E-state index contributed by atoms with van der Waals surface area (Å²) in [5, 5.41) is 3.57. The monoisotopic (exact) mass is 490 g/mol. The number of nitrogens with one attached hydrogen (secondary N) is 3. The fourth-order valence-corrected chi connectivity index (χ4v) is 6.87. The lowest BCUT2D eigenvalue weighted by Gasteiger charge is -2.60. The standard InChI is InChI=1S/C31H34N6/c1-17-11-26(17)32-16-29-33-15-27(34-29)20-5-3-19(4-6-20)21-7-9-24-22(13-21)8-10-25-30(24)36-31(35-25)28-14-23-12-18(2)37(23)28/h3-7,9,13,15,17-18,23,26,28,32H,8,10-12,14,16H2,1-2H3,(H,33,34)(H,35,36)/t17?,18?,23-,26?,28-/m0/s1. The summed E-state index contributed by atoms with van der Waals surface area (Å²) in [5.41, 5.74) is 9.97. The fraction of sp³-hybridized carbons (Fsp3) is 0.419. The maximum absolute atomic E-state index is 5.14. The van der Waals surface area contributed by atoms with Gasteiger partial charge in [-0.3, -0.25) is 4.90 Å². The number of nitrogens with zero attached hydrogens (tertiary/aromatic N) is 3. The van der Waals surface area contributed by atoms with Gasteiger partial charge in [0.25, 0.3) is 0 Å². The molecule has 0 bridgehead atoms. The molecule has 0 spiro atoms. The zero-order valence-electron chi connectivity index (χ0n) is 21.6. The molecular weight excluding hydrogens is 456 g/mol. The average Bonchev–Trinajstić information content (AvgIpc) is 3.26. The lowest BCUT2D eigenvalue weighted by Crippen LogP contribution is -2.64. The highest BCUT2D eigenvalue weighted by molar-refractivity contribution is 5.76. The van der Waals surface area contributed by atoms with Crippen LogP contribution in [0.25, 0.3) is 33.6 Å². The van der Waals surface area contributed by atoms with E-state index in [2.05, 4.69) is 81.5 Å². The maximum Gasteiger partial charge on any atom is 0.124 e. The summed E-state index contributed by atoms with van der Waals surface area (Å²) in [7, 11) is 0. The Morgan fingerprint density at radius 3 is 2.54 bits per heavy atom. The van der Waals surface area contributed by atoms with Crippen molar-refractivity contribution in [2.45, 2.75) is 76.7 Å². The van der Waals surface area contributed by atoms with Crippen molar-refractivity contribution in [3.8, 4) is 33.6 Å². The summed E-state index contributed by atoms with van der Waals surface area (Å²) in [6.45, 7) is 5.44. The molecule has 2 aliphatic carbocycles. The third kappa shape index (κ3) is 3.61. The molecule has 0 amide bonds. The Kier molecular flexibility index (Phi) is 4.80. The van der Waals surface area contributed by atoms with E-state index in [1.54, 1.807) is 0 Å². The number of piperidine rings is 1. The number of aromatic amines is 2. The molecule has 4 heterocycles. The van der Waals surface area contributed by atoms with E-state index in [4.69, 9.17) is 4.98 Å². The minimum absolute atomic E-state index is 0.490. The zero-order chi connectivity index (χ0) is 24.7. The highest BCUT2D eigenvalue weighted by Gasteiger charge is 2.51. The number of hydrogen-bond donors (Lipinski definition) is 3. The molecule has 2 aromatic heterocycles. The molecule has 37 heavy (non-hydrogen) atoms. The maximum atomic E-state index is 5.14. The van der Waals surface area contributed by atoms with E-state index in [1.165, 1.54) is 64.3 Å². The quantitative estimate of drug-likeness (QED) is 0.327. The summed E-state index contributed by atoms with van der Waals surface area (Å²) in [5.74, 6) is 2.99. The van der Waals surface area contributed by atoms with Crippen molar-refractivity contribution in [2.24, 2.45) is 5.92 Å². The third-order valence-electron chi connectivity index (χ3n) is 9.32. The van der Waals surface area contributed by atoms with Gasteiger partial charge in [0.1, 0.15) is 11.6 Å². The van der Waals surface area contributed by atoms with Crippen LogP contribution in [0, 0.1) is 5.92 Å². The molecule has 2 aromatic carbocycles. The predicted octanol–water partition coefficient (Wildman–Crippen LogP) is 5.64. The largest absolute Gasteiger partial charge is 0.344 e. The number of H-pyrrole nitrogens is 2. The molecule has 0 radical (unpaired) electrons. The molecule has 5 atom stereocenters. The zero-order valence-corrected chi connectivity index (χ0v) is 21.6. The first-order valence-corrected chi connectivity index (χ1v) is 14.0. The van der Waals surface area contributed by atoms with Gasteiger partial charge in [-0.15, -0.1) is 0 Å². The molecule has 8 rings (SSSR count). The molecule has 6 nitrogen and oxygen atoms in total. The molecule has 6 heteroatoms. The smallest absolute Gasteiger partial charge is 0.124 e. The Morgan fingerprint density at radius 2 is 1.76 bits per heavy atom. The normalized spacial score (nSPS) is 27.6. The van der Waals surface area contributed by atoms with Crippen molar-refractivity contribution in [1.29, 1.82) is 0 Å². The minimum Gasteiger partial charge on any atom is -0.344 e. The second kappa shape index (κ2) is 8.14. The summed E-state index contributed by atoms with van der Waals surface area (Å²) in [4.78, 5) is 19.5. The van der Waals surface area contributed by atoms with Gasteiger partial charge < -0.3 is 15.3 Å². The van der Waals surface area contributed by atoms with E-state index < -0.39 is 0 Å². The van der Waals surface area contributed by atoms with Crippen molar-refractivity contribution >= 4 is 0 Å². The van der Waals surface area contributed by atoms with Crippen LogP contribution in [0.15, 0.2) is 48.7 Å². The summed E-state index contributed by atoms with van der Waals surface area (Å²) >= 11 is 0. The van der Waals surface area contributed by atoms with Crippen LogP contribution < -0.4 is 5.32 Å². The predicted molar refractivity (Wildman–Crippen MR) is 146 cm³/mol. The van der Waals surface area contributed by atoms with E-state index in [0.717, 1.165) is 42.9 Å². The Hall–Kier alpha value is -3.22. The van der Waals surface area contributed by atoms with Gasteiger partial charge in [0.15, 0.2) is 0 Å². The van der Waals surface area contributed by atoms with Gasteiger partial charge in [-0.05, 0) is 67.2 Å². The lowest BCUT2D eigenvalue weighted by molar-refractivity contribution is -0.116. The van der Waals surface area contributed by atoms with Crippen molar-refractivity contribution < 1.29 is 0 Å². The van der Waals surface area contributed by atoms with E-state index in [9.17, 15) is 0 Å². The molecule has 1 saturated carbocycles. The number of benzene rings is 2.